The molecule has 0 aliphatic carbocycles. The van der Waals surface area contributed by atoms with Gasteiger partial charge < -0.3 is 14.5 Å². The van der Waals surface area contributed by atoms with Crippen molar-refractivity contribution < 1.29 is 13.9 Å². The van der Waals surface area contributed by atoms with Gasteiger partial charge in [0.1, 0.15) is 11.6 Å². The first-order valence-electron chi connectivity index (χ1n) is 8.20. The zero-order valence-electron chi connectivity index (χ0n) is 13.7. The van der Waals surface area contributed by atoms with Gasteiger partial charge >= 0.3 is 0 Å². The van der Waals surface area contributed by atoms with E-state index in [4.69, 9.17) is 4.74 Å². The number of benzene rings is 2. The summed E-state index contributed by atoms with van der Waals surface area (Å²) in [5.41, 5.74) is 1.25. The number of halogens is 1. The molecule has 1 aliphatic rings. The molecule has 0 spiro atoms. The van der Waals surface area contributed by atoms with E-state index >= 15 is 0 Å². The van der Waals surface area contributed by atoms with Crippen LogP contribution in [0.5, 0.6) is 5.75 Å². The number of carbonyl (C=O) groups is 1. The molecule has 1 heterocycles. The summed E-state index contributed by atoms with van der Waals surface area (Å²) in [5, 5.41) is 0. The highest BCUT2D eigenvalue weighted by atomic mass is 19.1. The fourth-order valence-electron chi connectivity index (χ4n) is 2.89. The molecule has 24 heavy (non-hydrogen) atoms. The van der Waals surface area contributed by atoms with E-state index in [9.17, 15) is 9.18 Å². The summed E-state index contributed by atoms with van der Waals surface area (Å²) in [4.78, 5) is 16.4. The molecule has 0 unspecified atom stereocenters. The minimum Gasteiger partial charge on any atom is -0.494 e. The number of nitrogens with zero attached hydrogens (tertiary/aromatic N) is 2. The Kier molecular flexibility index (Phi) is 4.99. The lowest BCUT2D eigenvalue weighted by Gasteiger charge is -2.36. The summed E-state index contributed by atoms with van der Waals surface area (Å²) in [6.45, 7) is 5.24. The number of piperazine rings is 1. The first-order valence-corrected chi connectivity index (χ1v) is 8.20. The molecule has 2 aromatic carbocycles. The normalized spacial score (nSPS) is 14.6. The highest BCUT2D eigenvalue weighted by Gasteiger charge is 2.23. The molecule has 1 aliphatic heterocycles. The summed E-state index contributed by atoms with van der Waals surface area (Å²) in [5.74, 6) is 0.158. The Morgan fingerprint density at radius 2 is 1.71 bits per heavy atom. The third-order valence-corrected chi connectivity index (χ3v) is 4.18. The van der Waals surface area contributed by atoms with E-state index in [1.54, 1.807) is 17.0 Å². The average molecular weight is 328 g/mol. The molecule has 0 aromatic heterocycles. The summed E-state index contributed by atoms with van der Waals surface area (Å²) in [6, 6.07) is 14.1. The molecule has 3 rings (SSSR count). The van der Waals surface area contributed by atoms with E-state index in [0.717, 1.165) is 24.5 Å². The van der Waals surface area contributed by atoms with E-state index < -0.39 is 5.82 Å². The van der Waals surface area contributed by atoms with E-state index in [1.165, 1.54) is 12.1 Å². The standard InChI is InChI=1S/C19H21FN2O2/c1-2-24-16-9-7-15(8-10-16)21-11-13-22(14-12-21)19(23)17-5-3-4-6-18(17)20/h3-10H,2,11-14H2,1H3. The Hall–Kier alpha value is -2.56. The average Bonchev–Trinajstić information content (AvgIpc) is 2.63. The summed E-state index contributed by atoms with van der Waals surface area (Å²) < 4.78 is 19.2. The lowest BCUT2D eigenvalue weighted by Crippen LogP contribution is -2.49. The van der Waals surface area contributed by atoms with Crippen LogP contribution < -0.4 is 9.64 Å². The number of hydrogen-bond donors (Lipinski definition) is 0. The minimum absolute atomic E-state index is 0.145. The van der Waals surface area contributed by atoms with Crippen molar-refractivity contribution >= 4 is 11.6 Å². The SMILES string of the molecule is CCOc1ccc(N2CCN(C(=O)c3ccccc3F)CC2)cc1. The first-order chi connectivity index (χ1) is 11.7. The number of rotatable bonds is 4. The van der Waals surface area contributed by atoms with Crippen molar-refractivity contribution in [3.05, 3.63) is 59.9 Å². The second-order valence-corrected chi connectivity index (χ2v) is 5.69. The fraction of sp³-hybridized carbons (Fsp3) is 0.316. The predicted molar refractivity (Wildman–Crippen MR) is 92.1 cm³/mol. The van der Waals surface area contributed by atoms with E-state index in [-0.39, 0.29) is 11.5 Å². The zero-order chi connectivity index (χ0) is 16.9. The highest BCUT2D eigenvalue weighted by molar-refractivity contribution is 5.94. The van der Waals surface area contributed by atoms with Gasteiger partial charge in [-0.25, -0.2) is 4.39 Å². The second kappa shape index (κ2) is 7.34. The highest BCUT2D eigenvalue weighted by Crippen LogP contribution is 2.21. The van der Waals surface area contributed by atoms with Gasteiger partial charge in [-0.05, 0) is 43.3 Å². The molecular weight excluding hydrogens is 307 g/mol. The van der Waals surface area contributed by atoms with Crippen LogP contribution in [0.15, 0.2) is 48.5 Å². The van der Waals surface area contributed by atoms with Crippen LogP contribution in [0, 0.1) is 5.82 Å². The number of ether oxygens (including phenoxy) is 1. The van der Waals surface area contributed by atoms with Crippen LogP contribution in [0.2, 0.25) is 0 Å². The van der Waals surface area contributed by atoms with Crippen molar-refractivity contribution in [2.45, 2.75) is 6.92 Å². The molecule has 0 atom stereocenters. The van der Waals surface area contributed by atoms with Gasteiger partial charge in [0.05, 0.1) is 12.2 Å². The van der Waals surface area contributed by atoms with Gasteiger partial charge in [0.2, 0.25) is 0 Å². The lowest BCUT2D eigenvalue weighted by molar-refractivity contribution is 0.0742. The molecule has 5 heteroatoms. The zero-order valence-corrected chi connectivity index (χ0v) is 13.7. The van der Waals surface area contributed by atoms with Crippen LogP contribution in [-0.4, -0.2) is 43.6 Å². The van der Waals surface area contributed by atoms with Gasteiger partial charge in [-0.1, -0.05) is 12.1 Å². The van der Waals surface area contributed by atoms with E-state index in [0.29, 0.717) is 19.7 Å². The molecule has 0 N–H and O–H groups in total. The summed E-state index contributed by atoms with van der Waals surface area (Å²) in [6.07, 6.45) is 0. The van der Waals surface area contributed by atoms with Gasteiger partial charge in [0, 0.05) is 31.9 Å². The Morgan fingerprint density at radius 1 is 1.04 bits per heavy atom. The lowest BCUT2D eigenvalue weighted by atomic mass is 10.1. The smallest absolute Gasteiger partial charge is 0.256 e. The van der Waals surface area contributed by atoms with E-state index in [1.807, 2.05) is 31.2 Å². The van der Waals surface area contributed by atoms with Crippen molar-refractivity contribution in [1.82, 2.24) is 4.90 Å². The summed E-state index contributed by atoms with van der Waals surface area (Å²) >= 11 is 0. The largest absolute Gasteiger partial charge is 0.494 e. The third-order valence-electron chi connectivity index (χ3n) is 4.18. The van der Waals surface area contributed by atoms with Crippen LogP contribution in [0.3, 0.4) is 0 Å². The van der Waals surface area contributed by atoms with Gasteiger partial charge in [-0.3, -0.25) is 4.79 Å². The van der Waals surface area contributed by atoms with Crippen molar-refractivity contribution in [1.29, 1.82) is 0 Å². The molecule has 1 saturated heterocycles. The van der Waals surface area contributed by atoms with Crippen LogP contribution in [0.1, 0.15) is 17.3 Å². The molecule has 0 radical (unpaired) electrons. The second-order valence-electron chi connectivity index (χ2n) is 5.69. The molecule has 4 nitrogen and oxygen atoms in total. The molecule has 2 aromatic rings. The molecule has 126 valence electrons. The van der Waals surface area contributed by atoms with Crippen LogP contribution in [0.4, 0.5) is 10.1 Å². The van der Waals surface area contributed by atoms with Crippen LogP contribution in [-0.2, 0) is 0 Å². The molecule has 0 bridgehead atoms. The number of anilines is 1. The van der Waals surface area contributed by atoms with Crippen LogP contribution >= 0.6 is 0 Å². The van der Waals surface area contributed by atoms with E-state index in [2.05, 4.69) is 4.90 Å². The van der Waals surface area contributed by atoms with Crippen molar-refractivity contribution in [3.8, 4) is 5.75 Å². The maximum Gasteiger partial charge on any atom is 0.256 e. The predicted octanol–water partition coefficient (Wildman–Crippen LogP) is 3.19. The molecule has 1 fully saturated rings. The van der Waals surface area contributed by atoms with Gasteiger partial charge in [0.15, 0.2) is 0 Å². The van der Waals surface area contributed by atoms with Gasteiger partial charge in [-0.2, -0.15) is 0 Å². The van der Waals surface area contributed by atoms with Crippen molar-refractivity contribution in [3.63, 3.8) is 0 Å². The van der Waals surface area contributed by atoms with Gasteiger partial charge in [0.25, 0.3) is 5.91 Å². The Morgan fingerprint density at radius 3 is 2.33 bits per heavy atom. The Balaban J connectivity index is 1.61. The number of amides is 1. The number of carbonyl (C=O) groups excluding carboxylic acids is 1. The topological polar surface area (TPSA) is 32.8 Å². The Bertz CT molecular complexity index is 695. The maximum atomic E-state index is 13.8. The minimum atomic E-state index is -0.462. The molecule has 0 saturated carbocycles. The fourth-order valence-corrected chi connectivity index (χ4v) is 2.89. The molecular formula is C19H21FN2O2. The Labute approximate surface area is 141 Å². The van der Waals surface area contributed by atoms with Crippen molar-refractivity contribution in [2.24, 2.45) is 0 Å². The monoisotopic (exact) mass is 328 g/mol. The van der Waals surface area contributed by atoms with Crippen molar-refractivity contribution in [2.75, 3.05) is 37.7 Å². The quantitative estimate of drug-likeness (QED) is 0.864. The maximum absolute atomic E-state index is 13.8. The molecule has 1 amide bonds. The summed E-state index contributed by atoms with van der Waals surface area (Å²) in [7, 11) is 0. The first kappa shape index (κ1) is 16.3. The van der Waals surface area contributed by atoms with Crippen LogP contribution in [0.25, 0.3) is 0 Å². The van der Waals surface area contributed by atoms with Gasteiger partial charge in [-0.15, -0.1) is 0 Å². The number of hydrogen-bond acceptors (Lipinski definition) is 3. The third kappa shape index (κ3) is 3.50.